The zero-order valence-corrected chi connectivity index (χ0v) is 23.1. The van der Waals surface area contributed by atoms with E-state index in [0.717, 1.165) is 17.1 Å². The molecule has 0 fully saturated rings. The minimum absolute atomic E-state index is 1.13. The van der Waals surface area contributed by atoms with Crippen molar-refractivity contribution >= 4 is 22.5 Å². The molecule has 0 amide bonds. The quantitative estimate of drug-likeness (QED) is 0.272. The molecule has 3 aromatic carbocycles. The maximum absolute atomic E-state index is 2.29. The van der Waals surface area contributed by atoms with Crippen LogP contribution in [-0.2, 0) is 0 Å². The van der Waals surface area contributed by atoms with E-state index in [1.54, 1.807) is 0 Å². The summed E-state index contributed by atoms with van der Waals surface area (Å²) in [4.78, 5) is 2.29. The van der Waals surface area contributed by atoms with Crippen molar-refractivity contribution in [2.24, 2.45) is 0 Å². The third-order valence-electron chi connectivity index (χ3n) is 6.44. The van der Waals surface area contributed by atoms with E-state index >= 15 is 0 Å². The highest BCUT2D eigenvalue weighted by Crippen LogP contribution is 2.36. The summed E-state index contributed by atoms with van der Waals surface area (Å²) in [5.41, 5.74) is 10.8. The Hall–Kier alpha value is -4.10. The van der Waals surface area contributed by atoms with E-state index in [2.05, 4.69) is 167 Å². The average Bonchev–Trinajstić information content (AvgIpc) is 2.95. The van der Waals surface area contributed by atoms with E-state index in [1.807, 2.05) is 6.92 Å². The largest absolute Gasteiger partial charge is 0.315 e. The lowest BCUT2D eigenvalue weighted by Gasteiger charge is -2.26. The summed E-state index contributed by atoms with van der Waals surface area (Å²) < 4.78 is 0. The molecule has 1 heteroatoms. The van der Waals surface area contributed by atoms with E-state index in [1.165, 1.54) is 33.4 Å². The number of allylic oxidation sites excluding steroid dienone is 12. The molecule has 0 saturated carbocycles. The Morgan fingerprint density at radius 1 is 0.622 bits per heavy atom. The molecule has 0 atom stereocenters. The highest BCUT2D eigenvalue weighted by Gasteiger charge is 2.15. The summed E-state index contributed by atoms with van der Waals surface area (Å²) in [5, 5.41) is 0. The van der Waals surface area contributed by atoms with Crippen LogP contribution in [0.2, 0.25) is 0 Å². The van der Waals surface area contributed by atoms with E-state index in [0.29, 0.717) is 0 Å². The molecule has 3 aromatic rings. The lowest BCUT2D eigenvalue weighted by molar-refractivity contribution is 1.15. The average molecular weight is 486 g/mol. The zero-order chi connectivity index (χ0) is 26.6. The molecule has 0 radical (unpaired) electrons. The third kappa shape index (κ3) is 6.77. The van der Waals surface area contributed by atoms with Gasteiger partial charge < -0.3 is 4.90 Å². The number of nitrogens with zero attached hydrogens (tertiary/aromatic N) is 1. The van der Waals surface area contributed by atoms with Crippen LogP contribution < -0.4 is 4.90 Å². The maximum atomic E-state index is 2.29. The first kappa shape index (κ1) is 27.5. The maximum Gasteiger partial charge on any atom is 0.0458 e. The van der Waals surface area contributed by atoms with Crippen LogP contribution in [0.25, 0.3) is 11.1 Å². The Labute approximate surface area is 224 Å². The van der Waals surface area contributed by atoms with Gasteiger partial charge in [0.05, 0.1) is 0 Å². The molecular weight excluding hydrogens is 446 g/mol. The van der Waals surface area contributed by atoms with E-state index < -0.39 is 0 Å². The van der Waals surface area contributed by atoms with Gasteiger partial charge in [0.1, 0.15) is 0 Å². The zero-order valence-electron chi connectivity index (χ0n) is 23.1. The van der Waals surface area contributed by atoms with Crippen LogP contribution in [0.3, 0.4) is 0 Å². The molecular formula is C36H39N. The van der Waals surface area contributed by atoms with Gasteiger partial charge in [0.25, 0.3) is 0 Å². The Bertz CT molecular complexity index is 1330. The fourth-order valence-corrected chi connectivity index (χ4v) is 4.59. The normalized spacial score (nSPS) is 13.8. The topological polar surface area (TPSA) is 3.24 Å². The van der Waals surface area contributed by atoms with Crippen LogP contribution in [0.15, 0.2) is 144 Å². The molecule has 0 spiro atoms. The van der Waals surface area contributed by atoms with Crippen molar-refractivity contribution in [2.75, 3.05) is 4.90 Å². The van der Waals surface area contributed by atoms with Gasteiger partial charge in [-0.2, -0.15) is 0 Å². The van der Waals surface area contributed by atoms with Crippen LogP contribution in [0.1, 0.15) is 52.7 Å². The Balaban J connectivity index is 2.06. The van der Waals surface area contributed by atoms with Crippen molar-refractivity contribution in [1.82, 2.24) is 0 Å². The summed E-state index contributed by atoms with van der Waals surface area (Å²) in [7, 11) is 0. The fourth-order valence-electron chi connectivity index (χ4n) is 4.59. The molecule has 0 N–H and O–H groups in total. The summed E-state index contributed by atoms with van der Waals surface area (Å²) >= 11 is 0. The predicted molar refractivity (Wildman–Crippen MR) is 165 cm³/mol. The minimum Gasteiger partial charge on any atom is -0.315 e. The third-order valence-corrected chi connectivity index (χ3v) is 6.44. The van der Waals surface area contributed by atoms with Gasteiger partial charge in [-0.25, -0.2) is 0 Å². The molecule has 0 aromatic heterocycles. The van der Waals surface area contributed by atoms with Gasteiger partial charge in [-0.05, 0) is 105 Å². The Morgan fingerprint density at radius 2 is 1.22 bits per heavy atom. The number of benzene rings is 3. The lowest BCUT2D eigenvalue weighted by Crippen LogP contribution is -2.14. The van der Waals surface area contributed by atoms with Gasteiger partial charge in [0.2, 0.25) is 0 Å². The standard InChI is InChI=1S/C36H39N/c1-7-11-19-28(5)37(32-22-16-13-17-23-32)33-26-24-31(25-27-33)34(9-3)35(10-4)36(18-8-2)29(6)30-20-14-12-15-21-30/h7-27H,1-6H3/b11-7-,18-8-,28-19+,34-9-,35-10+,36-29-. The van der Waals surface area contributed by atoms with E-state index in [9.17, 15) is 0 Å². The van der Waals surface area contributed by atoms with Crippen LogP contribution in [0, 0.1) is 0 Å². The Morgan fingerprint density at radius 3 is 1.76 bits per heavy atom. The fraction of sp³-hybridized carbons (Fsp3) is 0.167. The van der Waals surface area contributed by atoms with Gasteiger partial charge in [0, 0.05) is 17.1 Å². The lowest BCUT2D eigenvalue weighted by atomic mass is 9.87. The van der Waals surface area contributed by atoms with Crippen molar-refractivity contribution in [1.29, 1.82) is 0 Å². The van der Waals surface area contributed by atoms with Crippen molar-refractivity contribution in [3.63, 3.8) is 0 Å². The molecule has 188 valence electrons. The first-order valence-electron chi connectivity index (χ1n) is 13.0. The first-order chi connectivity index (χ1) is 18.0. The first-order valence-corrected chi connectivity index (χ1v) is 13.0. The molecule has 0 saturated heterocycles. The molecule has 0 aliphatic carbocycles. The van der Waals surface area contributed by atoms with Crippen LogP contribution in [-0.4, -0.2) is 0 Å². The second-order valence-corrected chi connectivity index (χ2v) is 8.86. The summed E-state index contributed by atoms with van der Waals surface area (Å²) in [6, 6.07) is 30.0. The van der Waals surface area contributed by atoms with E-state index in [4.69, 9.17) is 0 Å². The molecule has 0 aliphatic heterocycles. The predicted octanol–water partition coefficient (Wildman–Crippen LogP) is 10.7. The monoisotopic (exact) mass is 485 g/mol. The SMILES string of the molecule is C/C=C\C=C(/C)N(c1ccccc1)c1ccc(C(=C/C)/C(=C\C)C(/C=C\C)=C(/C)c2ccccc2)cc1. The van der Waals surface area contributed by atoms with Crippen molar-refractivity contribution in [3.05, 3.63) is 155 Å². The van der Waals surface area contributed by atoms with Crippen LogP contribution >= 0.6 is 0 Å². The molecule has 3 rings (SSSR count). The van der Waals surface area contributed by atoms with Crippen LogP contribution in [0.5, 0.6) is 0 Å². The summed E-state index contributed by atoms with van der Waals surface area (Å²) in [6.07, 6.45) is 15.1. The number of hydrogen-bond donors (Lipinski definition) is 0. The van der Waals surface area contributed by atoms with Crippen molar-refractivity contribution in [2.45, 2.75) is 41.5 Å². The van der Waals surface area contributed by atoms with Crippen molar-refractivity contribution in [3.8, 4) is 0 Å². The van der Waals surface area contributed by atoms with Crippen LogP contribution in [0.4, 0.5) is 11.4 Å². The van der Waals surface area contributed by atoms with Gasteiger partial charge in [-0.15, -0.1) is 0 Å². The molecule has 1 nitrogen and oxygen atoms in total. The summed E-state index contributed by atoms with van der Waals surface area (Å²) in [6.45, 7) is 12.7. The summed E-state index contributed by atoms with van der Waals surface area (Å²) in [5.74, 6) is 0. The number of hydrogen-bond acceptors (Lipinski definition) is 1. The van der Waals surface area contributed by atoms with Gasteiger partial charge >= 0.3 is 0 Å². The molecule has 0 aliphatic rings. The second kappa shape index (κ2) is 13.8. The minimum atomic E-state index is 1.13. The van der Waals surface area contributed by atoms with Gasteiger partial charge in [0.15, 0.2) is 0 Å². The Kier molecular flexibility index (Phi) is 10.3. The highest BCUT2D eigenvalue weighted by atomic mass is 15.1. The molecule has 0 heterocycles. The van der Waals surface area contributed by atoms with E-state index in [-0.39, 0.29) is 0 Å². The molecule has 0 bridgehead atoms. The van der Waals surface area contributed by atoms with Gasteiger partial charge in [-0.1, -0.05) is 97.1 Å². The van der Waals surface area contributed by atoms with Gasteiger partial charge in [-0.3, -0.25) is 0 Å². The highest BCUT2D eigenvalue weighted by molar-refractivity contribution is 5.90. The second-order valence-electron chi connectivity index (χ2n) is 8.86. The smallest absolute Gasteiger partial charge is 0.0458 e. The number of rotatable bonds is 9. The van der Waals surface area contributed by atoms with Crippen molar-refractivity contribution < 1.29 is 0 Å². The molecule has 37 heavy (non-hydrogen) atoms. The number of anilines is 2. The molecule has 0 unspecified atom stereocenters. The number of para-hydroxylation sites is 1.